The number of thiazole rings is 1. The quantitative estimate of drug-likeness (QED) is 0.856. The summed E-state index contributed by atoms with van der Waals surface area (Å²) in [6, 6.07) is 5.28. The third-order valence-electron chi connectivity index (χ3n) is 2.37. The van der Waals surface area contributed by atoms with Gasteiger partial charge in [-0.1, -0.05) is 46.7 Å². The van der Waals surface area contributed by atoms with Crippen LogP contribution in [-0.2, 0) is 0 Å². The van der Waals surface area contributed by atoms with Gasteiger partial charge in [-0.2, -0.15) is 0 Å². The molecule has 0 spiro atoms. The summed E-state index contributed by atoms with van der Waals surface area (Å²) < 4.78 is 0. The fourth-order valence-corrected chi connectivity index (χ4v) is 2.75. The molecule has 0 aliphatic carbocycles. The fraction of sp³-hybridized carbons (Fsp3) is 0.167. The number of nitrogens with zero attached hydrogens (tertiary/aromatic N) is 1. The molecule has 0 bridgehead atoms. The smallest absolute Gasteiger partial charge is 0.183 e. The molecule has 0 saturated carbocycles. The topological polar surface area (TPSA) is 42.0 Å². The van der Waals surface area contributed by atoms with Crippen molar-refractivity contribution in [3.05, 3.63) is 33.1 Å². The van der Waals surface area contributed by atoms with Gasteiger partial charge in [0.15, 0.2) is 10.9 Å². The first-order valence-electron chi connectivity index (χ1n) is 5.18. The van der Waals surface area contributed by atoms with Gasteiger partial charge in [0, 0.05) is 19.5 Å². The van der Waals surface area contributed by atoms with E-state index < -0.39 is 0 Å². The predicted octanol–water partition coefficient (Wildman–Crippen LogP) is 4.36. The van der Waals surface area contributed by atoms with Crippen LogP contribution in [0.1, 0.15) is 16.6 Å². The maximum Gasteiger partial charge on any atom is 0.183 e. The number of Topliss-reactive ketones (excluding diaryl/α,β-unsaturated/α-hetero) is 1. The van der Waals surface area contributed by atoms with E-state index in [9.17, 15) is 4.79 Å². The van der Waals surface area contributed by atoms with Crippen molar-refractivity contribution in [1.82, 2.24) is 4.98 Å². The minimum atomic E-state index is -0.0416. The van der Waals surface area contributed by atoms with Gasteiger partial charge in [-0.15, -0.1) is 0 Å². The van der Waals surface area contributed by atoms with E-state index in [1.54, 1.807) is 25.2 Å². The molecule has 0 fully saturated rings. The molecule has 0 atom stereocenters. The van der Waals surface area contributed by atoms with Gasteiger partial charge in [0.1, 0.15) is 0 Å². The second-order valence-corrected chi connectivity index (χ2v) is 5.39. The lowest BCUT2D eigenvalue weighted by molar-refractivity contribution is 0.102. The number of anilines is 1. The molecule has 94 valence electrons. The Balaban J connectivity index is 2.66. The Labute approximate surface area is 119 Å². The maximum absolute atomic E-state index is 11.6. The summed E-state index contributed by atoms with van der Waals surface area (Å²) in [6.07, 6.45) is 0. The Morgan fingerprint density at radius 3 is 2.72 bits per heavy atom. The lowest BCUT2D eigenvalue weighted by Gasteiger charge is -2.04. The molecule has 2 rings (SSSR count). The third-order valence-corrected chi connectivity index (χ3v) is 4.36. The highest BCUT2D eigenvalue weighted by Crippen LogP contribution is 2.38. The van der Waals surface area contributed by atoms with Gasteiger partial charge in [0.25, 0.3) is 0 Å². The molecule has 0 amide bonds. The van der Waals surface area contributed by atoms with Crippen LogP contribution in [0.3, 0.4) is 0 Å². The maximum atomic E-state index is 11.6. The summed E-state index contributed by atoms with van der Waals surface area (Å²) in [7, 11) is 1.76. The molecule has 6 heteroatoms. The number of benzene rings is 1. The molecule has 1 N–H and O–H groups in total. The highest BCUT2D eigenvalue weighted by molar-refractivity contribution is 7.18. The van der Waals surface area contributed by atoms with E-state index in [-0.39, 0.29) is 5.78 Å². The van der Waals surface area contributed by atoms with Gasteiger partial charge in [0.2, 0.25) is 0 Å². The van der Waals surface area contributed by atoms with Crippen LogP contribution in [0.15, 0.2) is 18.2 Å². The van der Waals surface area contributed by atoms with Gasteiger partial charge in [-0.3, -0.25) is 4.79 Å². The highest BCUT2D eigenvalue weighted by atomic mass is 35.5. The van der Waals surface area contributed by atoms with E-state index >= 15 is 0 Å². The normalized spacial score (nSPS) is 10.4. The van der Waals surface area contributed by atoms with E-state index in [2.05, 4.69) is 10.3 Å². The Morgan fingerprint density at radius 1 is 1.39 bits per heavy atom. The number of hydrogen-bond acceptors (Lipinski definition) is 4. The summed E-state index contributed by atoms with van der Waals surface area (Å²) in [4.78, 5) is 16.6. The van der Waals surface area contributed by atoms with Gasteiger partial charge in [0.05, 0.1) is 20.6 Å². The van der Waals surface area contributed by atoms with Crippen molar-refractivity contribution in [2.24, 2.45) is 0 Å². The van der Waals surface area contributed by atoms with Gasteiger partial charge >= 0.3 is 0 Å². The second kappa shape index (κ2) is 5.26. The largest absolute Gasteiger partial charge is 0.365 e. The van der Waals surface area contributed by atoms with Crippen LogP contribution in [0.2, 0.25) is 10.0 Å². The number of carbonyl (C=O) groups is 1. The molecule has 0 unspecified atom stereocenters. The van der Waals surface area contributed by atoms with Crippen LogP contribution in [0.5, 0.6) is 0 Å². The van der Waals surface area contributed by atoms with Crippen LogP contribution in [0.4, 0.5) is 5.13 Å². The highest BCUT2D eigenvalue weighted by Gasteiger charge is 2.19. The van der Waals surface area contributed by atoms with Crippen molar-refractivity contribution in [2.45, 2.75) is 6.92 Å². The third kappa shape index (κ3) is 2.36. The molecule has 2 aromatic rings. The van der Waals surface area contributed by atoms with E-state index in [0.717, 1.165) is 0 Å². The molecule has 18 heavy (non-hydrogen) atoms. The molecular weight excluding hydrogens is 291 g/mol. The van der Waals surface area contributed by atoms with Crippen molar-refractivity contribution >= 4 is 45.5 Å². The predicted molar refractivity (Wildman–Crippen MR) is 77.1 cm³/mol. The second-order valence-electron chi connectivity index (χ2n) is 3.60. The molecule has 0 saturated heterocycles. The molecule has 0 aliphatic heterocycles. The first kappa shape index (κ1) is 13.3. The monoisotopic (exact) mass is 300 g/mol. The zero-order valence-electron chi connectivity index (χ0n) is 9.75. The van der Waals surface area contributed by atoms with Gasteiger partial charge < -0.3 is 5.32 Å². The van der Waals surface area contributed by atoms with Crippen molar-refractivity contribution in [3.8, 4) is 11.3 Å². The van der Waals surface area contributed by atoms with E-state index in [0.29, 0.717) is 31.3 Å². The minimum Gasteiger partial charge on any atom is -0.365 e. The zero-order chi connectivity index (χ0) is 13.3. The molecule has 1 aromatic carbocycles. The van der Waals surface area contributed by atoms with Crippen LogP contribution in [-0.4, -0.2) is 17.8 Å². The van der Waals surface area contributed by atoms with Crippen molar-refractivity contribution in [2.75, 3.05) is 12.4 Å². The number of rotatable bonds is 3. The molecule has 0 radical (unpaired) electrons. The summed E-state index contributed by atoms with van der Waals surface area (Å²) in [6.45, 7) is 1.51. The number of aromatic nitrogens is 1. The fourth-order valence-electron chi connectivity index (χ4n) is 1.53. The first-order chi connectivity index (χ1) is 8.54. The Morgan fingerprint density at radius 2 is 2.11 bits per heavy atom. The Kier molecular flexibility index (Phi) is 3.90. The Bertz CT molecular complexity index is 610. The molecule has 0 aliphatic rings. The number of carbonyl (C=O) groups excluding carboxylic acids is 1. The lowest BCUT2D eigenvalue weighted by Crippen LogP contribution is -1.92. The molecule has 1 heterocycles. The number of hydrogen-bond donors (Lipinski definition) is 1. The number of ketones is 1. The van der Waals surface area contributed by atoms with Crippen LogP contribution >= 0.6 is 34.5 Å². The molecule has 1 aromatic heterocycles. The first-order valence-corrected chi connectivity index (χ1v) is 6.75. The average molecular weight is 301 g/mol. The van der Waals surface area contributed by atoms with Gasteiger partial charge in [-0.25, -0.2) is 4.98 Å². The van der Waals surface area contributed by atoms with Crippen LogP contribution in [0, 0.1) is 0 Å². The molecular formula is C12H10Cl2N2OS. The summed E-state index contributed by atoms with van der Waals surface area (Å²) in [5.41, 5.74) is 1.25. The van der Waals surface area contributed by atoms with E-state index in [1.807, 2.05) is 0 Å². The lowest BCUT2D eigenvalue weighted by atomic mass is 10.1. The van der Waals surface area contributed by atoms with Gasteiger partial charge in [-0.05, 0) is 6.07 Å². The standard InChI is InChI=1S/C12H10Cl2N2OS/c1-6(17)11-10(16-12(15-2)18-11)7-4-3-5-8(13)9(7)14/h3-5H,1-2H3,(H,15,16). The number of halogens is 2. The minimum absolute atomic E-state index is 0.0416. The summed E-state index contributed by atoms with van der Waals surface area (Å²) in [5.74, 6) is -0.0416. The van der Waals surface area contributed by atoms with E-state index in [1.165, 1.54) is 18.3 Å². The van der Waals surface area contributed by atoms with Crippen LogP contribution in [0.25, 0.3) is 11.3 Å². The SMILES string of the molecule is CNc1nc(-c2cccc(Cl)c2Cl)c(C(C)=O)s1. The van der Waals surface area contributed by atoms with Crippen molar-refractivity contribution in [1.29, 1.82) is 0 Å². The van der Waals surface area contributed by atoms with Crippen LogP contribution < -0.4 is 5.32 Å². The van der Waals surface area contributed by atoms with Crippen molar-refractivity contribution in [3.63, 3.8) is 0 Å². The summed E-state index contributed by atoms with van der Waals surface area (Å²) in [5, 5.41) is 4.46. The van der Waals surface area contributed by atoms with E-state index in [4.69, 9.17) is 23.2 Å². The average Bonchev–Trinajstić information content (AvgIpc) is 2.77. The summed E-state index contributed by atoms with van der Waals surface area (Å²) >= 11 is 13.4. The zero-order valence-corrected chi connectivity index (χ0v) is 12.1. The molecule has 3 nitrogen and oxygen atoms in total. The number of nitrogens with one attached hydrogen (secondary N) is 1. The van der Waals surface area contributed by atoms with Crippen molar-refractivity contribution < 1.29 is 4.79 Å². The Hall–Kier alpha value is -1.10.